The van der Waals surface area contributed by atoms with Crippen LogP contribution in [0.15, 0.2) is 60.7 Å². The molecule has 1 aliphatic rings. The van der Waals surface area contributed by atoms with Crippen LogP contribution >= 0.6 is 11.3 Å². The summed E-state index contributed by atoms with van der Waals surface area (Å²) >= 11 is 1.57. The number of rotatable bonds is 4. The van der Waals surface area contributed by atoms with E-state index in [2.05, 4.69) is 11.1 Å². The van der Waals surface area contributed by atoms with E-state index in [9.17, 15) is 4.79 Å². The summed E-state index contributed by atoms with van der Waals surface area (Å²) in [5.74, 6) is 0.627. The van der Waals surface area contributed by atoms with Gasteiger partial charge in [-0.2, -0.15) is 0 Å². The second-order valence-electron chi connectivity index (χ2n) is 7.46. The van der Waals surface area contributed by atoms with Crippen molar-refractivity contribution in [3.63, 3.8) is 0 Å². The molecule has 1 amide bonds. The summed E-state index contributed by atoms with van der Waals surface area (Å²) in [6, 6.07) is 19.9. The van der Waals surface area contributed by atoms with Crippen molar-refractivity contribution in [3.05, 3.63) is 66.2 Å². The highest BCUT2D eigenvalue weighted by atomic mass is 32.1. The van der Waals surface area contributed by atoms with E-state index < -0.39 is 0 Å². The number of carbonyl (C=O) groups is 1. The van der Waals surface area contributed by atoms with Crippen LogP contribution in [0, 0.1) is 0 Å². The average molecular weight is 419 g/mol. The van der Waals surface area contributed by atoms with Crippen LogP contribution in [-0.2, 0) is 0 Å². The van der Waals surface area contributed by atoms with Crippen LogP contribution in [0.25, 0.3) is 21.0 Å². The third kappa shape index (κ3) is 3.59. The molecule has 1 saturated heterocycles. The number of piperidine rings is 1. The number of ether oxygens (including phenoxy) is 2. The van der Waals surface area contributed by atoms with Gasteiger partial charge in [0.1, 0.15) is 11.9 Å². The predicted octanol–water partition coefficient (Wildman–Crippen LogP) is 5.14. The number of fused-ring (bicyclic) bond motifs is 2. The second-order valence-corrected chi connectivity index (χ2v) is 8.45. The third-order valence-electron chi connectivity index (χ3n) is 5.57. The molecule has 0 spiro atoms. The van der Waals surface area contributed by atoms with E-state index in [1.165, 1.54) is 0 Å². The minimum atomic E-state index is 0.0102. The van der Waals surface area contributed by atoms with Gasteiger partial charge in [-0.25, -0.2) is 4.98 Å². The highest BCUT2D eigenvalue weighted by Crippen LogP contribution is 2.31. The van der Waals surface area contributed by atoms with E-state index >= 15 is 0 Å². The summed E-state index contributed by atoms with van der Waals surface area (Å²) in [7, 11) is 1.61. The Morgan fingerprint density at radius 1 is 1.03 bits per heavy atom. The van der Waals surface area contributed by atoms with Crippen molar-refractivity contribution in [2.45, 2.75) is 18.9 Å². The maximum Gasteiger partial charge on any atom is 0.274 e. The van der Waals surface area contributed by atoms with Crippen LogP contribution in [0.5, 0.6) is 10.9 Å². The number of carbonyl (C=O) groups excluding carboxylic acids is 1. The second kappa shape index (κ2) is 7.95. The fourth-order valence-electron chi connectivity index (χ4n) is 3.95. The number of amides is 1. The number of methoxy groups -OCH3 is 1. The molecule has 0 saturated carbocycles. The standard InChI is InChI=1S/C24H22N2O3S/c1-28-21-15-17-7-3-2-6-16(17)14-19(21)23(27)26-12-10-18(11-13-26)29-24-25-20-8-4-5-9-22(20)30-24/h2-9,14-15,18H,10-13H2,1H3. The smallest absolute Gasteiger partial charge is 0.274 e. The lowest BCUT2D eigenvalue weighted by atomic mass is 10.0. The number of aromatic nitrogens is 1. The molecule has 5 rings (SSSR count). The van der Waals surface area contributed by atoms with Crippen molar-refractivity contribution in [2.24, 2.45) is 0 Å². The first-order chi connectivity index (χ1) is 14.7. The van der Waals surface area contributed by atoms with Gasteiger partial charge in [0.15, 0.2) is 0 Å². The number of benzene rings is 3. The van der Waals surface area contributed by atoms with Crippen LogP contribution in [0.3, 0.4) is 0 Å². The molecule has 4 aromatic rings. The lowest BCUT2D eigenvalue weighted by molar-refractivity contribution is 0.0593. The van der Waals surface area contributed by atoms with Crippen LogP contribution < -0.4 is 9.47 Å². The molecule has 1 aromatic heterocycles. The van der Waals surface area contributed by atoms with Gasteiger partial charge in [-0.05, 0) is 35.0 Å². The molecule has 6 heteroatoms. The van der Waals surface area contributed by atoms with E-state index in [-0.39, 0.29) is 12.0 Å². The Labute approximate surface area is 178 Å². The van der Waals surface area contributed by atoms with Crippen LogP contribution in [0.4, 0.5) is 0 Å². The Balaban J connectivity index is 1.28. The zero-order valence-corrected chi connectivity index (χ0v) is 17.5. The third-order valence-corrected chi connectivity index (χ3v) is 6.50. The molecule has 0 N–H and O–H groups in total. The number of para-hydroxylation sites is 1. The first-order valence-electron chi connectivity index (χ1n) is 10.1. The van der Waals surface area contributed by atoms with E-state index in [1.54, 1.807) is 18.4 Å². The highest BCUT2D eigenvalue weighted by Gasteiger charge is 2.27. The lowest BCUT2D eigenvalue weighted by Gasteiger charge is -2.32. The summed E-state index contributed by atoms with van der Waals surface area (Å²) in [5, 5.41) is 2.81. The predicted molar refractivity (Wildman–Crippen MR) is 120 cm³/mol. The first kappa shape index (κ1) is 18.9. The van der Waals surface area contributed by atoms with Gasteiger partial charge < -0.3 is 14.4 Å². The Kier molecular flexibility index (Phi) is 5.01. The lowest BCUT2D eigenvalue weighted by Crippen LogP contribution is -2.41. The van der Waals surface area contributed by atoms with Crippen molar-refractivity contribution >= 4 is 38.2 Å². The van der Waals surface area contributed by atoms with Crippen LogP contribution in [0.1, 0.15) is 23.2 Å². The average Bonchev–Trinajstić information content (AvgIpc) is 3.20. The molecule has 0 radical (unpaired) electrons. The summed E-state index contributed by atoms with van der Waals surface area (Å²) in [4.78, 5) is 19.7. The largest absolute Gasteiger partial charge is 0.496 e. The molecule has 30 heavy (non-hydrogen) atoms. The molecule has 3 aromatic carbocycles. The van der Waals surface area contributed by atoms with Gasteiger partial charge in [0.25, 0.3) is 11.1 Å². The SMILES string of the molecule is COc1cc2ccccc2cc1C(=O)N1CCC(Oc2nc3ccccc3s2)CC1. The summed E-state index contributed by atoms with van der Waals surface area (Å²) < 4.78 is 12.8. The van der Waals surface area contributed by atoms with E-state index in [0.29, 0.717) is 29.6 Å². The molecule has 0 aliphatic carbocycles. The van der Waals surface area contributed by atoms with Crippen molar-refractivity contribution in [3.8, 4) is 10.9 Å². The number of nitrogens with zero attached hydrogens (tertiary/aromatic N) is 2. The van der Waals surface area contributed by atoms with Gasteiger partial charge in [-0.15, -0.1) is 0 Å². The topological polar surface area (TPSA) is 51.7 Å². The molecule has 0 unspecified atom stereocenters. The molecular weight excluding hydrogens is 396 g/mol. The Morgan fingerprint density at radius 3 is 2.47 bits per heavy atom. The van der Waals surface area contributed by atoms with Gasteiger partial charge in [0, 0.05) is 25.9 Å². The van der Waals surface area contributed by atoms with Crippen LogP contribution in [0.2, 0.25) is 0 Å². The van der Waals surface area contributed by atoms with Crippen molar-refractivity contribution in [1.29, 1.82) is 0 Å². The Bertz CT molecular complexity index is 1180. The van der Waals surface area contributed by atoms with Crippen molar-refractivity contribution < 1.29 is 14.3 Å². The number of hydrogen-bond donors (Lipinski definition) is 0. The molecule has 0 atom stereocenters. The molecule has 152 valence electrons. The van der Waals surface area contributed by atoms with Crippen LogP contribution in [-0.4, -0.2) is 42.1 Å². The fraction of sp³-hybridized carbons (Fsp3) is 0.250. The summed E-state index contributed by atoms with van der Waals surface area (Å²) in [6.45, 7) is 1.31. The number of thiazole rings is 1. The normalized spacial score (nSPS) is 14.9. The molecular formula is C24H22N2O3S. The van der Waals surface area contributed by atoms with Gasteiger partial charge in [-0.1, -0.05) is 47.7 Å². The zero-order valence-electron chi connectivity index (χ0n) is 16.7. The quantitative estimate of drug-likeness (QED) is 0.460. The molecule has 1 aliphatic heterocycles. The fourth-order valence-corrected chi connectivity index (χ4v) is 4.83. The number of likely N-dealkylation sites (tertiary alicyclic amines) is 1. The van der Waals surface area contributed by atoms with Gasteiger partial charge in [0.2, 0.25) is 0 Å². The molecule has 2 heterocycles. The Morgan fingerprint density at radius 2 is 1.73 bits per heavy atom. The minimum Gasteiger partial charge on any atom is -0.496 e. The molecule has 5 nitrogen and oxygen atoms in total. The Hall–Kier alpha value is -3.12. The van der Waals surface area contributed by atoms with Gasteiger partial charge in [-0.3, -0.25) is 4.79 Å². The molecule has 1 fully saturated rings. The van der Waals surface area contributed by atoms with E-state index in [4.69, 9.17) is 9.47 Å². The number of hydrogen-bond acceptors (Lipinski definition) is 5. The van der Waals surface area contributed by atoms with Crippen molar-refractivity contribution in [1.82, 2.24) is 9.88 Å². The summed E-state index contributed by atoms with van der Waals surface area (Å²) in [6.07, 6.45) is 1.66. The summed E-state index contributed by atoms with van der Waals surface area (Å²) in [5.41, 5.74) is 1.58. The monoisotopic (exact) mass is 418 g/mol. The molecule has 0 bridgehead atoms. The van der Waals surface area contributed by atoms with E-state index in [0.717, 1.165) is 33.8 Å². The van der Waals surface area contributed by atoms with Gasteiger partial charge >= 0.3 is 0 Å². The van der Waals surface area contributed by atoms with Gasteiger partial charge in [0.05, 0.1) is 22.9 Å². The maximum absolute atomic E-state index is 13.2. The highest BCUT2D eigenvalue weighted by molar-refractivity contribution is 7.20. The minimum absolute atomic E-state index is 0.0102. The maximum atomic E-state index is 13.2. The van der Waals surface area contributed by atoms with E-state index in [1.807, 2.05) is 59.5 Å². The van der Waals surface area contributed by atoms with Crippen molar-refractivity contribution in [2.75, 3.05) is 20.2 Å². The zero-order chi connectivity index (χ0) is 20.5. The first-order valence-corrected chi connectivity index (χ1v) is 10.9.